The lowest BCUT2D eigenvalue weighted by Crippen LogP contribution is -2.48. The Labute approximate surface area is 202 Å². The fourth-order valence-corrected chi connectivity index (χ4v) is 6.90. The van der Waals surface area contributed by atoms with Crippen LogP contribution in [0.3, 0.4) is 0 Å². The van der Waals surface area contributed by atoms with Crippen LogP contribution in [0.4, 0.5) is 5.69 Å². The lowest BCUT2D eigenvalue weighted by molar-refractivity contribution is -0.149. The molecule has 1 N–H and O–H groups in total. The van der Waals surface area contributed by atoms with Gasteiger partial charge in [0, 0.05) is 23.3 Å². The van der Waals surface area contributed by atoms with Crippen molar-refractivity contribution in [2.45, 2.75) is 114 Å². The third-order valence-electron chi connectivity index (χ3n) is 8.64. The molecule has 0 aromatic heterocycles. The highest BCUT2D eigenvalue weighted by atomic mass is 16.6. The summed E-state index contributed by atoms with van der Waals surface area (Å²) in [5.74, 6) is -0.806. The molecular weight excluding hydrogens is 428 g/mol. The zero-order valence-corrected chi connectivity index (χ0v) is 20.2. The number of hydrogen-bond donors (Lipinski definition) is 1. The van der Waals surface area contributed by atoms with Gasteiger partial charge in [-0.05, 0) is 69.6 Å². The quantitative estimate of drug-likeness (QED) is 0.573. The second-order valence-electron chi connectivity index (χ2n) is 10.9. The van der Waals surface area contributed by atoms with Gasteiger partial charge in [-0.1, -0.05) is 44.6 Å². The summed E-state index contributed by atoms with van der Waals surface area (Å²) in [5, 5.41) is 3.01. The Balaban J connectivity index is 1.33. The molecule has 3 aliphatic carbocycles. The number of nitrogens with zero attached hydrogens (tertiary/aromatic N) is 1. The van der Waals surface area contributed by atoms with Gasteiger partial charge in [0.15, 0.2) is 0 Å². The molecule has 0 radical (unpaired) electrons. The molecule has 2 amide bonds. The van der Waals surface area contributed by atoms with Gasteiger partial charge in [0.1, 0.15) is 5.60 Å². The molecule has 1 atom stereocenters. The molecule has 1 unspecified atom stereocenters. The zero-order valence-electron chi connectivity index (χ0n) is 20.2. The molecule has 34 heavy (non-hydrogen) atoms. The van der Waals surface area contributed by atoms with E-state index in [2.05, 4.69) is 10.2 Å². The second kappa shape index (κ2) is 10.1. The van der Waals surface area contributed by atoms with Crippen molar-refractivity contribution in [3.8, 4) is 0 Å². The topological polar surface area (TPSA) is 75.7 Å². The predicted molar refractivity (Wildman–Crippen MR) is 130 cm³/mol. The molecule has 184 valence electrons. The maximum absolute atomic E-state index is 13.8. The minimum atomic E-state index is -0.632. The summed E-state index contributed by atoms with van der Waals surface area (Å²) in [6.07, 6.45) is 15.3. The van der Waals surface area contributed by atoms with E-state index in [4.69, 9.17) is 4.74 Å². The Morgan fingerprint density at radius 1 is 0.882 bits per heavy atom. The van der Waals surface area contributed by atoms with Crippen LogP contribution < -0.4 is 5.32 Å². The highest BCUT2D eigenvalue weighted by Gasteiger charge is 2.54. The van der Waals surface area contributed by atoms with Crippen molar-refractivity contribution in [2.75, 3.05) is 5.32 Å². The van der Waals surface area contributed by atoms with E-state index in [1.165, 1.54) is 38.5 Å². The van der Waals surface area contributed by atoms with E-state index in [-0.39, 0.29) is 24.2 Å². The average Bonchev–Trinajstić information content (AvgIpc) is 3.46. The van der Waals surface area contributed by atoms with Crippen LogP contribution in [-0.4, -0.2) is 40.4 Å². The maximum Gasteiger partial charge on any atom is 0.307 e. The minimum Gasteiger partial charge on any atom is -0.458 e. The minimum absolute atomic E-state index is 0.0986. The fraction of sp³-hybridized carbons (Fsp3) is 0.679. The Bertz CT molecular complexity index is 893. The number of rotatable bonds is 5. The van der Waals surface area contributed by atoms with Crippen molar-refractivity contribution in [2.24, 2.45) is 5.92 Å². The molecule has 1 saturated heterocycles. The molecule has 4 aliphatic rings. The van der Waals surface area contributed by atoms with Crippen molar-refractivity contribution in [1.82, 2.24) is 4.90 Å². The summed E-state index contributed by atoms with van der Waals surface area (Å²) in [5.41, 5.74) is 0.631. The van der Waals surface area contributed by atoms with Crippen molar-refractivity contribution < 1.29 is 19.1 Å². The first kappa shape index (κ1) is 23.4. The van der Waals surface area contributed by atoms with Gasteiger partial charge in [0.25, 0.3) is 5.91 Å². The van der Waals surface area contributed by atoms with Crippen molar-refractivity contribution >= 4 is 23.5 Å². The van der Waals surface area contributed by atoms with Gasteiger partial charge >= 0.3 is 5.97 Å². The first-order chi connectivity index (χ1) is 16.6. The summed E-state index contributed by atoms with van der Waals surface area (Å²) in [7, 11) is 0. The van der Waals surface area contributed by atoms with Gasteiger partial charge < -0.3 is 15.0 Å². The summed E-state index contributed by atoms with van der Waals surface area (Å²) in [6, 6.07) is 8.02. The molecule has 4 fully saturated rings. The van der Waals surface area contributed by atoms with Crippen LogP contribution >= 0.6 is 0 Å². The van der Waals surface area contributed by atoms with E-state index in [9.17, 15) is 14.4 Å². The van der Waals surface area contributed by atoms with Crippen LogP contribution in [-0.2, 0) is 14.3 Å². The Morgan fingerprint density at radius 2 is 1.50 bits per heavy atom. The molecule has 1 aliphatic heterocycles. The van der Waals surface area contributed by atoms with Crippen molar-refractivity contribution in [1.29, 1.82) is 0 Å². The van der Waals surface area contributed by atoms with Crippen LogP contribution in [0.2, 0.25) is 0 Å². The van der Waals surface area contributed by atoms with Crippen LogP contribution in [0.25, 0.3) is 0 Å². The lowest BCUT2D eigenvalue weighted by Gasteiger charge is -2.42. The molecule has 6 nitrogen and oxygen atoms in total. The molecule has 1 heterocycles. The number of esters is 1. The molecule has 0 bridgehead atoms. The summed E-state index contributed by atoms with van der Waals surface area (Å²) < 4.78 is 5.65. The van der Waals surface area contributed by atoms with Crippen LogP contribution in [0, 0.1) is 5.92 Å². The highest BCUT2D eigenvalue weighted by Crippen LogP contribution is 2.46. The molecule has 6 heteroatoms. The van der Waals surface area contributed by atoms with Gasteiger partial charge in [-0.3, -0.25) is 14.4 Å². The Morgan fingerprint density at radius 3 is 2.12 bits per heavy atom. The number of carbonyl (C=O) groups is 3. The van der Waals surface area contributed by atoms with E-state index in [0.29, 0.717) is 23.3 Å². The van der Waals surface area contributed by atoms with Gasteiger partial charge in [0.2, 0.25) is 5.91 Å². The van der Waals surface area contributed by atoms with E-state index in [1.54, 1.807) is 0 Å². The Kier molecular flexibility index (Phi) is 6.94. The summed E-state index contributed by atoms with van der Waals surface area (Å²) in [6.45, 7) is 0. The normalized spacial score (nSPS) is 25.3. The molecule has 1 aromatic rings. The number of amides is 2. The van der Waals surface area contributed by atoms with Gasteiger partial charge in [-0.25, -0.2) is 0 Å². The fourth-order valence-electron chi connectivity index (χ4n) is 6.90. The predicted octanol–water partition coefficient (Wildman–Crippen LogP) is 5.61. The molecule has 5 rings (SSSR count). The highest BCUT2D eigenvalue weighted by molar-refractivity contribution is 5.99. The monoisotopic (exact) mass is 466 g/mol. The number of nitrogens with one attached hydrogen (secondary N) is 1. The third-order valence-corrected chi connectivity index (χ3v) is 8.64. The number of carbonyl (C=O) groups excluding carboxylic acids is 3. The van der Waals surface area contributed by atoms with Gasteiger partial charge in [0.05, 0.1) is 12.3 Å². The number of hydrogen-bond acceptors (Lipinski definition) is 4. The third kappa shape index (κ3) is 4.73. The largest absolute Gasteiger partial charge is 0.458 e. The Hall–Kier alpha value is -2.37. The van der Waals surface area contributed by atoms with E-state index >= 15 is 0 Å². The number of ether oxygens (including phenoxy) is 1. The number of anilines is 1. The van der Waals surface area contributed by atoms with Gasteiger partial charge in [-0.2, -0.15) is 0 Å². The smallest absolute Gasteiger partial charge is 0.307 e. The zero-order chi connectivity index (χ0) is 23.5. The first-order valence-electron chi connectivity index (χ1n) is 13.5. The van der Waals surface area contributed by atoms with Crippen LogP contribution in [0.15, 0.2) is 24.3 Å². The standard InChI is InChI=1S/C28H38N2O4/c31-25-19-24(28(34-25)16-7-8-17-28)26(32)29-21-11-9-10-20(18-21)27(33)30(22-12-3-1-4-13-22)23-14-5-2-6-15-23/h9-11,18,22-24H,1-8,12-17,19H2,(H,29,32). The molecule has 3 saturated carbocycles. The van der Waals surface area contributed by atoms with E-state index in [0.717, 1.165) is 51.4 Å². The SMILES string of the molecule is O=C1CC(C(=O)Nc2cccc(C(=O)N(C3CCCCC3)C3CCCCC3)c2)C2(CCCC2)O1. The first-order valence-corrected chi connectivity index (χ1v) is 13.5. The van der Waals surface area contributed by atoms with Crippen LogP contribution in [0.1, 0.15) is 107 Å². The number of benzene rings is 1. The van der Waals surface area contributed by atoms with Crippen LogP contribution in [0.5, 0.6) is 0 Å². The maximum atomic E-state index is 13.8. The average molecular weight is 467 g/mol. The second-order valence-corrected chi connectivity index (χ2v) is 10.9. The summed E-state index contributed by atoms with van der Waals surface area (Å²) in [4.78, 5) is 41.3. The van der Waals surface area contributed by atoms with E-state index in [1.807, 2.05) is 24.3 Å². The van der Waals surface area contributed by atoms with Gasteiger partial charge in [-0.15, -0.1) is 0 Å². The van der Waals surface area contributed by atoms with Crippen molar-refractivity contribution in [3.63, 3.8) is 0 Å². The van der Waals surface area contributed by atoms with Crippen molar-refractivity contribution in [3.05, 3.63) is 29.8 Å². The molecule has 1 aromatic carbocycles. The molecular formula is C28H38N2O4. The molecule has 1 spiro atoms. The lowest BCUT2D eigenvalue weighted by atomic mass is 9.85. The van der Waals surface area contributed by atoms with E-state index < -0.39 is 11.5 Å². The summed E-state index contributed by atoms with van der Waals surface area (Å²) >= 11 is 0.